The monoisotopic (exact) mass is 181 g/mol. The standard InChI is InChI=1S/C12H23N/c1-9(2)10-7-13(6)8-11(10)12(3,4)5/h9H,7-8H2,1-6H3. The van der Waals surface area contributed by atoms with E-state index in [2.05, 4.69) is 46.6 Å². The maximum Gasteiger partial charge on any atom is 0.0201 e. The second-order valence-electron chi connectivity index (χ2n) is 5.58. The van der Waals surface area contributed by atoms with Crippen molar-refractivity contribution >= 4 is 0 Å². The molecule has 0 atom stereocenters. The fourth-order valence-electron chi connectivity index (χ4n) is 2.06. The Labute approximate surface area is 82.8 Å². The third-order valence-corrected chi connectivity index (χ3v) is 2.86. The van der Waals surface area contributed by atoms with Gasteiger partial charge in [0.25, 0.3) is 0 Å². The highest BCUT2D eigenvalue weighted by atomic mass is 15.1. The quantitative estimate of drug-likeness (QED) is 0.562. The first-order valence-corrected chi connectivity index (χ1v) is 5.23. The van der Waals surface area contributed by atoms with Crippen molar-refractivity contribution < 1.29 is 0 Å². The van der Waals surface area contributed by atoms with Crippen molar-refractivity contribution in [3.05, 3.63) is 11.1 Å². The molecule has 0 fully saturated rings. The number of nitrogens with zero attached hydrogens (tertiary/aromatic N) is 1. The molecule has 0 radical (unpaired) electrons. The topological polar surface area (TPSA) is 3.24 Å². The zero-order chi connectivity index (χ0) is 10.2. The number of rotatable bonds is 1. The van der Waals surface area contributed by atoms with Gasteiger partial charge in [0, 0.05) is 13.1 Å². The molecule has 76 valence electrons. The first-order chi connectivity index (χ1) is 5.82. The van der Waals surface area contributed by atoms with Gasteiger partial charge in [0.2, 0.25) is 0 Å². The molecule has 0 spiro atoms. The van der Waals surface area contributed by atoms with Crippen molar-refractivity contribution in [2.24, 2.45) is 11.3 Å². The van der Waals surface area contributed by atoms with Crippen LogP contribution in [0.1, 0.15) is 34.6 Å². The Hall–Kier alpha value is -0.300. The van der Waals surface area contributed by atoms with Crippen molar-refractivity contribution in [1.82, 2.24) is 4.90 Å². The molecule has 0 N–H and O–H groups in total. The lowest BCUT2D eigenvalue weighted by Crippen LogP contribution is -2.18. The van der Waals surface area contributed by atoms with Gasteiger partial charge in [0.15, 0.2) is 0 Å². The summed E-state index contributed by atoms with van der Waals surface area (Å²) in [5.41, 5.74) is 3.67. The van der Waals surface area contributed by atoms with E-state index in [0.717, 1.165) is 6.54 Å². The van der Waals surface area contributed by atoms with E-state index in [1.807, 2.05) is 0 Å². The fraction of sp³-hybridized carbons (Fsp3) is 0.833. The van der Waals surface area contributed by atoms with Gasteiger partial charge in [-0.25, -0.2) is 0 Å². The Balaban J connectivity index is 2.95. The van der Waals surface area contributed by atoms with Crippen LogP contribution in [0, 0.1) is 11.3 Å². The molecule has 1 aliphatic heterocycles. The van der Waals surface area contributed by atoms with Gasteiger partial charge in [-0.3, -0.25) is 4.90 Å². The summed E-state index contributed by atoms with van der Waals surface area (Å²) in [6.07, 6.45) is 0. The minimum absolute atomic E-state index is 0.352. The molecule has 0 bridgehead atoms. The minimum Gasteiger partial charge on any atom is -0.298 e. The molecule has 1 nitrogen and oxygen atoms in total. The molecule has 1 aliphatic rings. The SMILES string of the molecule is CC(C)C1=C(C(C)(C)C)CN(C)C1. The van der Waals surface area contributed by atoms with E-state index in [1.165, 1.54) is 6.54 Å². The summed E-state index contributed by atoms with van der Waals surface area (Å²) in [6, 6.07) is 0. The summed E-state index contributed by atoms with van der Waals surface area (Å²) < 4.78 is 0. The molecular weight excluding hydrogens is 158 g/mol. The highest BCUT2D eigenvalue weighted by Gasteiger charge is 2.28. The predicted molar refractivity (Wildman–Crippen MR) is 58.8 cm³/mol. The molecule has 0 saturated heterocycles. The third kappa shape index (κ3) is 2.34. The van der Waals surface area contributed by atoms with Crippen LogP contribution in [0.2, 0.25) is 0 Å². The van der Waals surface area contributed by atoms with E-state index in [1.54, 1.807) is 11.1 Å². The van der Waals surface area contributed by atoms with E-state index < -0.39 is 0 Å². The molecule has 0 amide bonds. The lowest BCUT2D eigenvalue weighted by atomic mass is 9.82. The Morgan fingerprint density at radius 1 is 1.15 bits per heavy atom. The number of hydrogen-bond donors (Lipinski definition) is 0. The van der Waals surface area contributed by atoms with Crippen LogP contribution in [0.3, 0.4) is 0 Å². The van der Waals surface area contributed by atoms with E-state index in [9.17, 15) is 0 Å². The molecule has 13 heavy (non-hydrogen) atoms. The molecule has 0 aliphatic carbocycles. The lowest BCUT2D eigenvalue weighted by molar-refractivity contribution is 0.391. The first-order valence-electron chi connectivity index (χ1n) is 5.23. The largest absolute Gasteiger partial charge is 0.298 e. The van der Waals surface area contributed by atoms with Crippen LogP contribution >= 0.6 is 0 Å². The van der Waals surface area contributed by atoms with E-state index in [-0.39, 0.29) is 0 Å². The van der Waals surface area contributed by atoms with Crippen LogP contribution < -0.4 is 0 Å². The van der Waals surface area contributed by atoms with Crippen molar-refractivity contribution in [1.29, 1.82) is 0 Å². The zero-order valence-electron chi connectivity index (χ0n) is 9.94. The Morgan fingerprint density at radius 2 is 1.69 bits per heavy atom. The maximum absolute atomic E-state index is 2.41. The summed E-state index contributed by atoms with van der Waals surface area (Å²) >= 11 is 0. The van der Waals surface area contributed by atoms with E-state index in [4.69, 9.17) is 0 Å². The van der Waals surface area contributed by atoms with Gasteiger partial charge in [-0.15, -0.1) is 0 Å². The molecule has 0 aromatic carbocycles. The maximum atomic E-state index is 2.41. The van der Waals surface area contributed by atoms with Crippen molar-refractivity contribution in [3.8, 4) is 0 Å². The highest BCUT2D eigenvalue weighted by Crippen LogP contribution is 2.35. The second kappa shape index (κ2) is 3.45. The second-order valence-corrected chi connectivity index (χ2v) is 5.58. The number of hydrogen-bond acceptors (Lipinski definition) is 1. The smallest absolute Gasteiger partial charge is 0.0201 e. The first kappa shape index (κ1) is 10.8. The van der Waals surface area contributed by atoms with Gasteiger partial charge in [-0.1, -0.05) is 45.8 Å². The summed E-state index contributed by atoms with van der Waals surface area (Å²) in [4.78, 5) is 2.41. The Kier molecular flexibility index (Phi) is 2.86. The molecule has 0 aromatic heterocycles. The van der Waals surface area contributed by atoms with E-state index >= 15 is 0 Å². The van der Waals surface area contributed by atoms with Crippen molar-refractivity contribution in [2.75, 3.05) is 20.1 Å². The van der Waals surface area contributed by atoms with Gasteiger partial charge in [-0.2, -0.15) is 0 Å². The molecular formula is C12H23N. The molecule has 0 unspecified atom stereocenters. The van der Waals surface area contributed by atoms with Crippen LogP contribution in [-0.4, -0.2) is 25.0 Å². The lowest BCUT2D eigenvalue weighted by Gasteiger charge is -2.23. The molecule has 0 saturated carbocycles. The summed E-state index contributed by atoms with van der Waals surface area (Å²) in [5.74, 6) is 0.708. The molecule has 0 aromatic rings. The van der Waals surface area contributed by atoms with Crippen LogP contribution in [0.15, 0.2) is 11.1 Å². The molecule has 1 heterocycles. The van der Waals surface area contributed by atoms with Gasteiger partial charge in [0.05, 0.1) is 0 Å². The number of likely N-dealkylation sites (N-methyl/N-ethyl adjacent to an activating group) is 1. The van der Waals surface area contributed by atoms with Crippen LogP contribution in [0.5, 0.6) is 0 Å². The van der Waals surface area contributed by atoms with Crippen molar-refractivity contribution in [3.63, 3.8) is 0 Å². The summed E-state index contributed by atoms with van der Waals surface area (Å²) in [6.45, 7) is 13.9. The van der Waals surface area contributed by atoms with Gasteiger partial charge < -0.3 is 0 Å². The molecule has 1 rings (SSSR count). The van der Waals surface area contributed by atoms with Crippen LogP contribution in [0.25, 0.3) is 0 Å². The van der Waals surface area contributed by atoms with E-state index in [0.29, 0.717) is 11.3 Å². The zero-order valence-corrected chi connectivity index (χ0v) is 9.94. The van der Waals surface area contributed by atoms with Gasteiger partial charge in [0.1, 0.15) is 0 Å². The Morgan fingerprint density at radius 3 is 2.00 bits per heavy atom. The molecule has 1 heteroatoms. The third-order valence-electron chi connectivity index (χ3n) is 2.86. The van der Waals surface area contributed by atoms with Crippen LogP contribution in [-0.2, 0) is 0 Å². The van der Waals surface area contributed by atoms with Crippen LogP contribution in [0.4, 0.5) is 0 Å². The summed E-state index contributed by atoms with van der Waals surface area (Å²) in [7, 11) is 2.21. The summed E-state index contributed by atoms with van der Waals surface area (Å²) in [5, 5.41) is 0. The normalized spacial score (nSPS) is 20.5. The van der Waals surface area contributed by atoms with Gasteiger partial charge >= 0.3 is 0 Å². The highest BCUT2D eigenvalue weighted by molar-refractivity contribution is 5.28. The van der Waals surface area contributed by atoms with Gasteiger partial charge in [-0.05, 0) is 18.4 Å². The van der Waals surface area contributed by atoms with Crippen molar-refractivity contribution in [2.45, 2.75) is 34.6 Å². The average Bonchev–Trinajstić information content (AvgIpc) is 2.29. The minimum atomic E-state index is 0.352. The average molecular weight is 181 g/mol. The Bertz CT molecular complexity index is 218. The predicted octanol–water partition coefficient (Wildman–Crippen LogP) is 2.93. The fourth-order valence-corrected chi connectivity index (χ4v) is 2.06.